The lowest BCUT2D eigenvalue weighted by Crippen LogP contribution is -2.03. The van der Waals surface area contributed by atoms with Crippen LogP contribution in [-0.4, -0.2) is 18.8 Å². The summed E-state index contributed by atoms with van der Waals surface area (Å²) >= 11 is 1.53. The molecule has 0 unspecified atom stereocenters. The topological polar surface area (TPSA) is 73.6 Å². The third-order valence-corrected chi connectivity index (χ3v) is 3.28. The number of rotatable bonds is 7. The number of allylic oxidation sites excluding steroid dienone is 1. The van der Waals surface area contributed by atoms with Gasteiger partial charge in [0.2, 0.25) is 0 Å². The lowest BCUT2D eigenvalue weighted by atomic mass is 10.0. The Labute approximate surface area is 118 Å². The number of hydrogen-bond donors (Lipinski definition) is 2. The van der Waals surface area contributed by atoms with Crippen molar-refractivity contribution in [3.63, 3.8) is 0 Å². The molecule has 0 saturated carbocycles. The average Bonchev–Trinajstić information content (AvgIpc) is 2.38. The maximum Gasteiger partial charge on any atom is 0.119 e. The van der Waals surface area contributed by atoms with Crippen molar-refractivity contribution in [1.29, 1.82) is 0 Å². The summed E-state index contributed by atoms with van der Waals surface area (Å²) in [5.41, 5.74) is 14.4. The molecule has 0 bridgehead atoms. The molecule has 1 aromatic rings. The monoisotopic (exact) mass is 279 g/mol. The van der Waals surface area contributed by atoms with Gasteiger partial charge in [0, 0.05) is 12.1 Å². The highest BCUT2D eigenvalue weighted by atomic mass is 32.2. The Morgan fingerprint density at radius 1 is 1.47 bits per heavy atom. The summed E-state index contributed by atoms with van der Waals surface area (Å²) in [6.07, 6.45) is 2.03. The van der Waals surface area contributed by atoms with Gasteiger partial charge in [-0.1, -0.05) is 6.07 Å². The van der Waals surface area contributed by atoms with Crippen LogP contribution in [0.1, 0.15) is 18.1 Å². The Morgan fingerprint density at radius 3 is 2.89 bits per heavy atom. The molecule has 0 aliphatic rings. The van der Waals surface area contributed by atoms with Gasteiger partial charge in [-0.15, -0.1) is 11.8 Å². The van der Waals surface area contributed by atoms with E-state index < -0.39 is 0 Å². The number of aliphatic imine (C=N–C) groups is 1. The number of aryl methyl sites for hydroxylation is 1. The van der Waals surface area contributed by atoms with Gasteiger partial charge in [-0.3, -0.25) is 4.99 Å². The minimum atomic E-state index is 0.597. The second kappa shape index (κ2) is 8.48. The van der Waals surface area contributed by atoms with Crippen molar-refractivity contribution in [2.75, 3.05) is 12.5 Å². The zero-order valence-electron chi connectivity index (χ0n) is 11.4. The van der Waals surface area contributed by atoms with Gasteiger partial charge in [0.1, 0.15) is 5.75 Å². The quantitative estimate of drug-likeness (QED) is 0.457. The minimum Gasteiger partial charge on any atom is -0.494 e. The van der Waals surface area contributed by atoms with Crippen molar-refractivity contribution < 1.29 is 4.74 Å². The lowest BCUT2D eigenvalue weighted by molar-refractivity contribution is 0.340. The Bertz CT molecular complexity index is 458. The highest BCUT2D eigenvalue weighted by Gasteiger charge is 2.02. The molecule has 0 radical (unpaired) electrons. The van der Waals surface area contributed by atoms with Crippen LogP contribution in [0.3, 0.4) is 0 Å². The smallest absolute Gasteiger partial charge is 0.119 e. The van der Waals surface area contributed by atoms with Crippen LogP contribution in [0.4, 0.5) is 0 Å². The number of nitrogens with two attached hydrogens (primary N) is 2. The van der Waals surface area contributed by atoms with Crippen molar-refractivity contribution in [3.8, 4) is 5.75 Å². The molecule has 0 aliphatic carbocycles. The molecule has 4 nitrogen and oxygen atoms in total. The first kappa shape index (κ1) is 15.4. The molecule has 5 heteroatoms. The van der Waals surface area contributed by atoms with Crippen LogP contribution in [0.5, 0.6) is 5.75 Å². The molecule has 0 saturated heterocycles. The summed E-state index contributed by atoms with van der Waals surface area (Å²) in [7, 11) is 0. The largest absolute Gasteiger partial charge is 0.494 e. The Kier molecular flexibility index (Phi) is 6.89. The van der Waals surface area contributed by atoms with E-state index in [-0.39, 0.29) is 0 Å². The van der Waals surface area contributed by atoms with Gasteiger partial charge >= 0.3 is 0 Å². The molecule has 0 spiro atoms. The van der Waals surface area contributed by atoms with Crippen molar-refractivity contribution in [3.05, 3.63) is 40.4 Å². The molecule has 0 heterocycles. The summed E-state index contributed by atoms with van der Waals surface area (Å²) in [6, 6.07) is 6.08. The van der Waals surface area contributed by atoms with E-state index in [4.69, 9.17) is 16.2 Å². The lowest BCUT2D eigenvalue weighted by Gasteiger charge is -2.09. The third kappa shape index (κ3) is 5.70. The van der Waals surface area contributed by atoms with Crippen LogP contribution in [-0.2, 0) is 6.42 Å². The van der Waals surface area contributed by atoms with Crippen LogP contribution in [0.25, 0.3) is 0 Å². The number of benzene rings is 1. The fraction of sp³-hybridized carbons (Fsp3) is 0.357. The average molecular weight is 279 g/mol. The van der Waals surface area contributed by atoms with Gasteiger partial charge in [0.15, 0.2) is 0 Å². The molecule has 19 heavy (non-hydrogen) atoms. The molecular formula is C14H21N3OS. The highest BCUT2D eigenvalue weighted by Crippen LogP contribution is 2.19. The third-order valence-electron chi connectivity index (χ3n) is 2.51. The summed E-state index contributed by atoms with van der Waals surface area (Å²) in [6.45, 7) is 4.72. The van der Waals surface area contributed by atoms with E-state index in [9.17, 15) is 0 Å². The Morgan fingerprint density at radius 2 is 2.26 bits per heavy atom. The van der Waals surface area contributed by atoms with Gasteiger partial charge in [-0.05, 0) is 42.5 Å². The molecule has 104 valence electrons. The fourth-order valence-corrected chi connectivity index (χ4v) is 2.16. The van der Waals surface area contributed by atoms with E-state index in [1.165, 1.54) is 29.2 Å². The van der Waals surface area contributed by atoms with E-state index in [0.29, 0.717) is 12.5 Å². The highest BCUT2D eigenvalue weighted by molar-refractivity contribution is 8.02. The van der Waals surface area contributed by atoms with Crippen LogP contribution < -0.4 is 16.2 Å². The molecule has 0 aromatic heterocycles. The minimum absolute atomic E-state index is 0.597. The number of thioether (sulfide) groups is 1. The van der Waals surface area contributed by atoms with Gasteiger partial charge in [0.05, 0.1) is 18.8 Å². The summed E-state index contributed by atoms with van der Waals surface area (Å²) in [5, 5.41) is 1.92. The maximum absolute atomic E-state index is 5.98. The van der Waals surface area contributed by atoms with Crippen molar-refractivity contribution >= 4 is 18.1 Å². The number of hydrogen-bond acceptors (Lipinski definition) is 4. The molecular weight excluding hydrogens is 258 g/mol. The van der Waals surface area contributed by atoms with E-state index in [1.54, 1.807) is 0 Å². The van der Waals surface area contributed by atoms with Crippen molar-refractivity contribution in [1.82, 2.24) is 0 Å². The van der Waals surface area contributed by atoms with E-state index in [2.05, 4.69) is 18.0 Å². The van der Waals surface area contributed by atoms with Crippen LogP contribution in [0.15, 0.2) is 34.3 Å². The van der Waals surface area contributed by atoms with Crippen LogP contribution >= 0.6 is 11.8 Å². The standard InChI is InChI=1S/C14H21N3OS/c1-3-18-14-5-4-12(11(2)6-14)7-13(16)8-19-10-17-9-15/h4-6,8-9H,3,7,10,16H2,1-2H3,(H2,15,17)/b13-8-. The molecule has 0 amide bonds. The Hall–Kier alpha value is -1.62. The zero-order valence-corrected chi connectivity index (χ0v) is 12.2. The first-order valence-electron chi connectivity index (χ1n) is 6.15. The predicted molar refractivity (Wildman–Crippen MR) is 83.5 cm³/mol. The molecule has 0 aliphatic heterocycles. The van der Waals surface area contributed by atoms with Crippen LogP contribution in [0.2, 0.25) is 0 Å². The number of nitrogens with zero attached hydrogens (tertiary/aromatic N) is 1. The molecule has 1 rings (SSSR count). The first-order chi connectivity index (χ1) is 9.17. The molecule has 0 atom stereocenters. The maximum atomic E-state index is 5.98. The summed E-state index contributed by atoms with van der Waals surface area (Å²) in [5.74, 6) is 1.50. The second-order valence-corrected chi connectivity index (χ2v) is 4.85. The van der Waals surface area contributed by atoms with E-state index in [1.807, 2.05) is 24.5 Å². The zero-order chi connectivity index (χ0) is 14.1. The normalized spacial score (nSPS) is 12.0. The fourth-order valence-electron chi connectivity index (χ4n) is 1.62. The van der Waals surface area contributed by atoms with Crippen molar-refractivity contribution in [2.45, 2.75) is 20.3 Å². The second-order valence-electron chi connectivity index (χ2n) is 4.02. The summed E-state index contributed by atoms with van der Waals surface area (Å²) < 4.78 is 5.46. The summed E-state index contributed by atoms with van der Waals surface area (Å²) in [4.78, 5) is 3.90. The number of ether oxygens (including phenoxy) is 1. The van der Waals surface area contributed by atoms with Gasteiger partial charge in [-0.25, -0.2) is 0 Å². The van der Waals surface area contributed by atoms with Gasteiger partial charge < -0.3 is 16.2 Å². The van der Waals surface area contributed by atoms with Gasteiger partial charge in [0.25, 0.3) is 0 Å². The Balaban J connectivity index is 2.61. The SMILES string of the molecule is CCOc1ccc(C/C(N)=C/SC/N=C\N)c(C)c1. The molecule has 4 N–H and O–H groups in total. The molecule has 0 fully saturated rings. The predicted octanol–water partition coefficient (Wildman–Crippen LogP) is 2.41. The van der Waals surface area contributed by atoms with E-state index in [0.717, 1.165) is 17.9 Å². The first-order valence-corrected chi connectivity index (χ1v) is 7.20. The van der Waals surface area contributed by atoms with Crippen LogP contribution in [0, 0.1) is 6.92 Å². The van der Waals surface area contributed by atoms with Crippen molar-refractivity contribution in [2.24, 2.45) is 16.5 Å². The molecule has 1 aromatic carbocycles. The van der Waals surface area contributed by atoms with Gasteiger partial charge in [-0.2, -0.15) is 0 Å². The van der Waals surface area contributed by atoms with E-state index >= 15 is 0 Å².